The van der Waals surface area contributed by atoms with Gasteiger partial charge in [0.25, 0.3) is 5.91 Å². The third kappa shape index (κ3) is 3.91. The summed E-state index contributed by atoms with van der Waals surface area (Å²) in [5, 5.41) is 11.7. The van der Waals surface area contributed by atoms with Gasteiger partial charge < -0.3 is 19.7 Å². The van der Waals surface area contributed by atoms with Crippen molar-refractivity contribution in [1.82, 2.24) is 10.2 Å². The summed E-state index contributed by atoms with van der Waals surface area (Å²) < 4.78 is 5.41. The van der Waals surface area contributed by atoms with Crippen molar-refractivity contribution in [3.8, 4) is 0 Å². The third-order valence-electron chi connectivity index (χ3n) is 4.23. The van der Waals surface area contributed by atoms with E-state index >= 15 is 0 Å². The molecule has 0 radical (unpaired) electrons. The fraction of sp³-hybridized carbons (Fsp3) is 0.562. The van der Waals surface area contributed by atoms with Crippen molar-refractivity contribution in [2.45, 2.75) is 32.6 Å². The van der Waals surface area contributed by atoms with Crippen LogP contribution in [-0.4, -0.2) is 47.9 Å². The highest BCUT2D eigenvalue weighted by Crippen LogP contribution is 2.24. The van der Waals surface area contributed by atoms with Gasteiger partial charge in [-0.25, -0.2) is 4.79 Å². The first-order valence-electron chi connectivity index (χ1n) is 7.82. The van der Waals surface area contributed by atoms with Gasteiger partial charge in [-0.05, 0) is 18.8 Å². The molecule has 0 atom stereocenters. The van der Waals surface area contributed by atoms with E-state index in [4.69, 9.17) is 9.52 Å². The lowest BCUT2D eigenvalue weighted by Crippen LogP contribution is -2.39. The summed E-state index contributed by atoms with van der Waals surface area (Å²) >= 11 is 0. The van der Waals surface area contributed by atoms with E-state index < -0.39 is 5.97 Å². The molecule has 0 bridgehead atoms. The fourth-order valence-electron chi connectivity index (χ4n) is 2.84. The van der Waals surface area contributed by atoms with Gasteiger partial charge in [-0.1, -0.05) is 6.92 Å². The number of hydrogen-bond acceptors (Lipinski definition) is 4. The number of carboxylic acid groups (broad SMARTS) is 1. The average molecular weight is 322 g/mol. The first-order chi connectivity index (χ1) is 11.0. The number of carboxylic acids is 1. The average Bonchev–Trinajstić information content (AvgIpc) is 2.99. The van der Waals surface area contributed by atoms with E-state index in [0.29, 0.717) is 31.7 Å². The highest BCUT2D eigenvalue weighted by atomic mass is 16.4. The molecule has 0 unspecified atom stereocenters. The van der Waals surface area contributed by atoms with Gasteiger partial charge in [0.2, 0.25) is 5.91 Å². The topological polar surface area (TPSA) is 99.9 Å². The zero-order valence-corrected chi connectivity index (χ0v) is 13.4. The normalized spacial score (nSPS) is 15.5. The number of amides is 2. The summed E-state index contributed by atoms with van der Waals surface area (Å²) in [4.78, 5) is 36.6. The zero-order chi connectivity index (χ0) is 17.0. The molecule has 2 heterocycles. The Hall–Kier alpha value is -2.31. The Morgan fingerprint density at radius 1 is 1.35 bits per heavy atom. The number of rotatable bonds is 5. The quantitative estimate of drug-likeness (QED) is 0.856. The number of carbonyl (C=O) groups excluding carboxylic acids is 2. The van der Waals surface area contributed by atoms with Crippen LogP contribution in [0.1, 0.15) is 52.9 Å². The Morgan fingerprint density at radius 2 is 2.00 bits per heavy atom. The molecule has 2 amide bonds. The van der Waals surface area contributed by atoms with Crippen molar-refractivity contribution < 1.29 is 23.9 Å². The first kappa shape index (κ1) is 17.1. The van der Waals surface area contributed by atoms with Crippen LogP contribution in [0.15, 0.2) is 10.5 Å². The summed E-state index contributed by atoms with van der Waals surface area (Å²) in [5.41, 5.74) is 0.0466. The van der Waals surface area contributed by atoms with E-state index in [1.54, 1.807) is 18.9 Å². The van der Waals surface area contributed by atoms with Crippen molar-refractivity contribution in [1.29, 1.82) is 0 Å². The number of furan rings is 1. The van der Waals surface area contributed by atoms with E-state index in [0.717, 1.165) is 12.8 Å². The molecule has 0 spiro atoms. The van der Waals surface area contributed by atoms with Gasteiger partial charge in [0.15, 0.2) is 5.76 Å². The highest BCUT2D eigenvalue weighted by molar-refractivity contribution is 5.96. The predicted octanol–water partition coefficient (Wildman–Crippen LogP) is 1.53. The standard InChI is InChI=1S/C16H22N2O5/c1-3-12-11(16(21)22)9-13(23-12)15(20)18-6-4-10(5-7-18)8-14(19)17-2/h9-10H,3-8H2,1-2H3,(H,17,19)(H,21,22). The SMILES string of the molecule is CCc1oc(C(=O)N2CCC(CC(=O)NC)CC2)cc1C(=O)O. The summed E-state index contributed by atoms with van der Waals surface area (Å²) in [6.07, 6.45) is 2.41. The zero-order valence-electron chi connectivity index (χ0n) is 13.4. The minimum Gasteiger partial charge on any atom is -0.478 e. The smallest absolute Gasteiger partial charge is 0.339 e. The molecule has 1 aliphatic rings. The lowest BCUT2D eigenvalue weighted by Gasteiger charge is -2.31. The van der Waals surface area contributed by atoms with Crippen molar-refractivity contribution >= 4 is 17.8 Å². The Balaban J connectivity index is 2.00. The van der Waals surface area contributed by atoms with Crippen LogP contribution in [0.4, 0.5) is 0 Å². The van der Waals surface area contributed by atoms with Crippen LogP contribution in [0, 0.1) is 5.92 Å². The first-order valence-corrected chi connectivity index (χ1v) is 7.82. The van der Waals surface area contributed by atoms with E-state index in [2.05, 4.69) is 5.32 Å². The number of nitrogens with zero attached hydrogens (tertiary/aromatic N) is 1. The van der Waals surface area contributed by atoms with Crippen LogP contribution in [0.5, 0.6) is 0 Å². The minimum absolute atomic E-state index is 0.0134. The molecule has 1 saturated heterocycles. The van der Waals surface area contributed by atoms with Gasteiger partial charge in [0.05, 0.1) is 0 Å². The Bertz CT molecular complexity index is 600. The molecule has 7 heteroatoms. The van der Waals surface area contributed by atoms with E-state index in [9.17, 15) is 14.4 Å². The molecule has 0 saturated carbocycles. The van der Waals surface area contributed by atoms with Gasteiger partial charge in [0.1, 0.15) is 11.3 Å². The molecule has 7 nitrogen and oxygen atoms in total. The van der Waals surface area contributed by atoms with E-state index in [1.807, 2.05) is 0 Å². The maximum absolute atomic E-state index is 12.4. The molecule has 1 aromatic heterocycles. The van der Waals surface area contributed by atoms with Crippen LogP contribution in [-0.2, 0) is 11.2 Å². The van der Waals surface area contributed by atoms with Gasteiger partial charge in [-0.15, -0.1) is 0 Å². The lowest BCUT2D eigenvalue weighted by atomic mass is 9.93. The lowest BCUT2D eigenvalue weighted by molar-refractivity contribution is -0.121. The van der Waals surface area contributed by atoms with Crippen LogP contribution in [0.2, 0.25) is 0 Å². The number of nitrogens with one attached hydrogen (secondary N) is 1. The molecule has 2 N–H and O–H groups in total. The van der Waals surface area contributed by atoms with E-state index in [1.165, 1.54) is 6.07 Å². The van der Waals surface area contributed by atoms with Crippen LogP contribution < -0.4 is 5.32 Å². The number of aromatic carboxylic acids is 1. The van der Waals surface area contributed by atoms with Gasteiger partial charge >= 0.3 is 5.97 Å². The van der Waals surface area contributed by atoms with Crippen LogP contribution in [0.3, 0.4) is 0 Å². The Kier molecular flexibility index (Phi) is 5.41. The maximum atomic E-state index is 12.4. The fourth-order valence-corrected chi connectivity index (χ4v) is 2.84. The highest BCUT2D eigenvalue weighted by Gasteiger charge is 2.28. The number of carbonyl (C=O) groups is 3. The molecule has 1 aromatic rings. The molecule has 23 heavy (non-hydrogen) atoms. The largest absolute Gasteiger partial charge is 0.478 e. The molecular weight excluding hydrogens is 300 g/mol. The third-order valence-corrected chi connectivity index (χ3v) is 4.23. The Morgan fingerprint density at radius 3 is 2.48 bits per heavy atom. The molecule has 0 aliphatic carbocycles. The predicted molar refractivity (Wildman–Crippen MR) is 82.4 cm³/mol. The summed E-state index contributed by atoms with van der Waals surface area (Å²) in [7, 11) is 1.61. The number of likely N-dealkylation sites (tertiary alicyclic amines) is 1. The molecular formula is C16H22N2O5. The van der Waals surface area contributed by atoms with Crippen LogP contribution >= 0.6 is 0 Å². The molecule has 2 rings (SSSR count). The van der Waals surface area contributed by atoms with Crippen molar-refractivity contribution in [2.24, 2.45) is 5.92 Å². The minimum atomic E-state index is -1.09. The molecule has 1 aliphatic heterocycles. The number of aryl methyl sites for hydroxylation is 1. The summed E-state index contributed by atoms with van der Waals surface area (Å²) in [6, 6.07) is 1.31. The van der Waals surface area contributed by atoms with Crippen molar-refractivity contribution in [3.63, 3.8) is 0 Å². The van der Waals surface area contributed by atoms with Crippen molar-refractivity contribution in [3.05, 3.63) is 23.2 Å². The van der Waals surface area contributed by atoms with Gasteiger partial charge in [-0.2, -0.15) is 0 Å². The molecule has 0 aromatic carbocycles. The second-order valence-electron chi connectivity index (χ2n) is 5.72. The van der Waals surface area contributed by atoms with Gasteiger partial charge in [0, 0.05) is 39.0 Å². The number of piperidine rings is 1. The molecule has 1 fully saturated rings. The second kappa shape index (κ2) is 7.30. The van der Waals surface area contributed by atoms with Crippen molar-refractivity contribution in [2.75, 3.05) is 20.1 Å². The summed E-state index contributed by atoms with van der Waals surface area (Å²) in [5.74, 6) is -0.699. The summed E-state index contributed by atoms with van der Waals surface area (Å²) in [6.45, 7) is 2.87. The monoisotopic (exact) mass is 322 g/mol. The maximum Gasteiger partial charge on any atom is 0.339 e. The van der Waals surface area contributed by atoms with E-state index in [-0.39, 0.29) is 29.1 Å². The molecule has 126 valence electrons. The Labute approximate surface area is 134 Å². The number of hydrogen-bond donors (Lipinski definition) is 2. The van der Waals surface area contributed by atoms with Crippen LogP contribution in [0.25, 0.3) is 0 Å². The van der Waals surface area contributed by atoms with Gasteiger partial charge in [-0.3, -0.25) is 9.59 Å². The second-order valence-corrected chi connectivity index (χ2v) is 5.72.